The average molecular weight is 535 g/mol. The lowest BCUT2D eigenvalue weighted by atomic mass is 10.1. The molecule has 0 aliphatic carbocycles. The molecular weight excluding hydrogens is 508 g/mol. The molecular formula is C24H27Cl4NO4. The SMILES string of the molecule is CC(C)=NOc1ccc(CCOCCCCOc2c(Cl)cc(OCC=C(Cl)Cl)cc2Cl)cc1. The molecule has 0 N–H and O–H groups in total. The molecule has 5 nitrogen and oxygen atoms in total. The van der Waals surface area contributed by atoms with Crippen molar-refractivity contribution in [2.24, 2.45) is 5.16 Å². The number of oxime groups is 1. The van der Waals surface area contributed by atoms with Crippen molar-refractivity contribution in [3.63, 3.8) is 0 Å². The van der Waals surface area contributed by atoms with Gasteiger partial charge >= 0.3 is 0 Å². The minimum Gasteiger partial charge on any atom is -0.490 e. The van der Waals surface area contributed by atoms with Gasteiger partial charge in [-0.05, 0) is 56.9 Å². The maximum absolute atomic E-state index is 6.26. The molecule has 2 aromatic rings. The van der Waals surface area contributed by atoms with E-state index in [1.54, 1.807) is 12.1 Å². The van der Waals surface area contributed by atoms with Crippen molar-refractivity contribution in [3.05, 3.63) is 62.6 Å². The Labute approximate surface area is 215 Å². The lowest BCUT2D eigenvalue weighted by Crippen LogP contribution is -2.04. The van der Waals surface area contributed by atoms with E-state index in [-0.39, 0.29) is 11.1 Å². The molecule has 33 heavy (non-hydrogen) atoms. The quantitative estimate of drug-likeness (QED) is 0.140. The number of hydrogen-bond donors (Lipinski definition) is 0. The second-order valence-corrected chi connectivity index (χ2v) is 9.03. The molecule has 180 valence electrons. The van der Waals surface area contributed by atoms with E-state index in [1.165, 1.54) is 11.6 Å². The van der Waals surface area contributed by atoms with Crippen LogP contribution in [0.15, 0.2) is 52.1 Å². The standard InChI is InChI=1S/C24H27Cl4NO4/c1-17(2)29-33-19-7-5-18(6-8-19)9-13-30-11-3-4-12-32-24-21(25)15-20(16-22(24)26)31-14-10-23(27)28/h5-8,10,15-16H,3-4,9,11-14H2,1-2H3. The molecule has 2 rings (SSSR count). The molecule has 0 amide bonds. The maximum atomic E-state index is 6.26. The van der Waals surface area contributed by atoms with Gasteiger partial charge in [-0.3, -0.25) is 0 Å². The Balaban J connectivity index is 1.61. The fraction of sp³-hybridized carbons (Fsp3) is 0.375. The summed E-state index contributed by atoms with van der Waals surface area (Å²) < 4.78 is 17.1. The number of unbranched alkanes of at least 4 members (excludes halogenated alkanes) is 1. The molecule has 0 fully saturated rings. The summed E-state index contributed by atoms with van der Waals surface area (Å²) in [4.78, 5) is 5.29. The highest BCUT2D eigenvalue weighted by Crippen LogP contribution is 2.37. The first-order valence-electron chi connectivity index (χ1n) is 10.5. The zero-order chi connectivity index (χ0) is 24.1. The van der Waals surface area contributed by atoms with Crippen molar-refractivity contribution in [1.29, 1.82) is 0 Å². The van der Waals surface area contributed by atoms with Gasteiger partial charge in [-0.2, -0.15) is 0 Å². The van der Waals surface area contributed by atoms with Gasteiger partial charge in [0.1, 0.15) is 16.8 Å². The van der Waals surface area contributed by atoms with Crippen LogP contribution in [-0.2, 0) is 11.2 Å². The fourth-order valence-electron chi connectivity index (χ4n) is 2.59. The summed E-state index contributed by atoms with van der Waals surface area (Å²) in [6.07, 6.45) is 4.03. The van der Waals surface area contributed by atoms with Gasteiger partial charge < -0.3 is 19.0 Å². The van der Waals surface area contributed by atoms with Gasteiger partial charge in [-0.1, -0.05) is 63.7 Å². The summed E-state index contributed by atoms with van der Waals surface area (Å²) in [5.41, 5.74) is 2.05. The lowest BCUT2D eigenvalue weighted by molar-refractivity contribution is 0.129. The van der Waals surface area contributed by atoms with Crippen molar-refractivity contribution >= 4 is 52.1 Å². The van der Waals surface area contributed by atoms with E-state index in [1.807, 2.05) is 38.1 Å². The van der Waals surface area contributed by atoms with Gasteiger partial charge in [0.2, 0.25) is 0 Å². The van der Waals surface area contributed by atoms with E-state index in [4.69, 9.17) is 65.5 Å². The monoisotopic (exact) mass is 533 g/mol. The smallest absolute Gasteiger partial charge is 0.157 e. The first-order chi connectivity index (χ1) is 15.8. The van der Waals surface area contributed by atoms with Crippen LogP contribution in [0.5, 0.6) is 17.2 Å². The van der Waals surface area contributed by atoms with E-state index in [9.17, 15) is 0 Å². The van der Waals surface area contributed by atoms with E-state index in [0.717, 1.165) is 30.7 Å². The number of hydrogen-bond acceptors (Lipinski definition) is 5. The van der Waals surface area contributed by atoms with Crippen LogP contribution in [-0.4, -0.2) is 32.1 Å². The predicted molar refractivity (Wildman–Crippen MR) is 137 cm³/mol. The molecule has 0 aliphatic heterocycles. The lowest BCUT2D eigenvalue weighted by Gasteiger charge is -2.12. The Morgan fingerprint density at radius 2 is 1.55 bits per heavy atom. The van der Waals surface area contributed by atoms with E-state index in [2.05, 4.69) is 5.16 Å². The minimum atomic E-state index is 0.133. The summed E-state index contributed by atoms with van der Waals surface area (Å²) in [7, 11) is 0. The van der Waals surface area contributed by atoms with Crippen molar-refractivity contribution in [3.8, 4) is 17.2 Å². The Morgan fingerprint density at radius 1 is 0.879 bits per heavy atom. The molecule has 0 aromatic heterocycles. The molecule has 0 spiro atoms. The Hall–Kier alpha value is -1.63. The maximum Gasteiger partial charge on any atom is 0.157 e. The summed E-state index contributed by atoms with van der Waals surface area (Å²) >= 11 is 23.6. The van der Waals surface area contributed by atoms with Crippen LogP contribution in [0.25, 0.3) is 0 Å². The first-order valence-corrected chi connectivity index (χ1v) is 12.0. The van der Waals surface area contributed by atoms with Crippen LogP contribution in [0.2, 0.25) is 10.0 Å². The summed E-state index contributed by atoms with van der Waals surface area (Å²) in [5.74, 6) is 1.66. The van der Waals surface area contributed by atoms with Crippen molar-refractivity contribution in [2.75, 3.05) is 26.4 Å². The predicted octanol–water partition coefficient (Wildman–Crippen LogP) is 7.88. The molecule has 9 heteroatoms. The highest BCUT2D eigenvalue weighted by atomic mass is 35.5. The largest absolute Gasteiger partial charge is 0.490 e. The molecule has 0 heterocycles. The van der Waals surface area contributed by atoms with Crippen molar-refractivity contribution < 1.29 is 19.0 Å². The molecule has 0 unspecified atom stereocenters. The third-order valence-corrected chi connectivity index (χ3v) is 5.05. The molecule has 0 atom stereocenters. The summed E-state index contributed by atoms with van der Waals surface area (Å²) in [5, 5.41) is 4.69. The third-order valence-electron chi connectivity index (χ3n) is 4.18. The Morgan fingerprint density at radius 3 is 2.18 bits per heavy atom. The van der Waals surface area contributed by atoms with Gasteiger partial charge in [0.05, 0.1) is 29.0 Å². The first kappa shape index (κ1) is 27.6. The number of benzene rings is 2. The zero-order valence-corrected chi connectivity index (χ0v) is 21.6. The van der Waals surface area contributed by atoms with Gasteiger partial charge in [-0.25, -0.2) is 0 Å². The zero-order valence-electron chi connectivity index (χ0n) is 18.6. The van der Waals surface area contributed by atoms with Crippen molar-refractivity contribution in [2.45, 2.75) is 33.1 Å². The van der Waals surface area contributed by atoms with Crippen LogP contribution >= 0.6 is 46.4 Å². The number of nitrogens with zero attached hydrogens (tertiary/aromatic N) is 1. The molecule has 0 radical (unpaired) electrons. The molecule has 0 saturated carbocycles. The minimum absolute atomic E-state index is 0.133. The summed E-state index contributed by atoms with van der Waals surface area (Å²) in [6, 6.07) is 11.1. The second kappa shape index (κ2) is 15.3. The molecule has 0 aliphatic rings. The van der Waals surface area contributed by atoms with Gasteiger partial charge in [-0.15, -0.1) is 0 Å². The van der Waals surface area contributed by atoms with Crippen LogP contribution in [0.4, 0.5) is 0 Å². The fourth-order valence-corrected chi connectivity index (χ4v) is 3.29. The van der Waals surface area contributed by atoms with Crippen LogP contribution < -0.4 is 14.3 Å². The van der Waals surface area contributed by atoms with E-state index in [0.29, 0.717) is 41.4 Å². The highest BCUT2D eigenvalue weighted by Gasteiger charge is 2.10. The highest BCUT2D eigenvalue weighted by molar-refractivity contribution is 6.55. The number of halogens is 4. The molecule has 2 aromatic carbocycles. The second-order valence-electron chi connectivity index (χ2n) is 7.21. The van der Waals surface area contributed by atoms with Crippen LogP contribution in [0, 0.1) is 0 Å². The number of ether oxygens (including phenoxy) is 3. The average Bonchev–Trinajstić information content (AvgIpc) is 2.76. The van der Waals surface area contributed by atoms with E-state index < -0.39 is 0 Å². The van der Waals surface area contributed by atoms with Crippen LogP contribution in [0.3, 0.4) is 0 Å². The molecule has 0 bridgehead atoms. The third kappa shape index (κ3) is 11.4. The van der Waals surface area contributed by atoms with Crippen molar-refractivity contribution in [1.82, 2.24) is 0 Å². The molecule has 0 saturated heterocycles. The Kier molecular flexibility index (Phi) is 12.8. The normalized spacial score (nSPS) is 10.5. The summed E-state index contributed by atoms with van der Waals surface area (Å²) in [6.45, 7) is 5.76. The van der Waals surface area contributed by atoms with E-state index >= 15 is 0 Å². The topological polar surface area (TPSA) is 49.3 Å². The van der Waals surface area contributed by atoms with Gasteiger partial charge in [0, 0.05) is 18.7 Å². The Bertz CT molecular complexity index is 902. The number of rotatable bonds is 14. The van der Waals surface area contributed by atoms with Crippen LogP contribution in [0.1, 0.15) is 32.3 Å². The van der Waals surface area contributed by atoms with Gasteiger partial charge in [0.15, 0.2) is 11.5 Å². The van der Waals surface area contributed by atoms with Gasteiger partial charge in [0.25, 0.3) is 0 Å².